The van der Waals surface area contributed by atoms with Gasteiger partial charge in [0, 0.05) is 5.57 Å². The van der Waals surface area contributed by atoms with Crippen LogP contribution < -0.4 is 0 Å². The fraction of sp³-hybridized carbons (Fsp3) is 0.545. The molecule has 0 aromatic rings. The van der Waals surface area contributed by atoms with Crippen LogP contribution in [0.4, 0.5) is 0 Å². The van der Waals surface area contributed by atoms with Crippen molar-refractivity contribution in [2.24, 2.45) is 5.41 Å². The Kier molecular flexibility index (Phi) is 3.67. The summed E-state index contributed by atoms with van der Waals surface area (Å²) in [5.41, 5.74) is -0.639. The quantitative estimate of drug-likeness (QED) is 0.394. The molecule has 0 atom stereocenters. The molecule has 0 aromatic carbocycles. The highest BCUT2D eigenvalue weighted by Gasteiger charge is 2.52. The summed E-state index contributed by atoms with van der Waals surface area (Å²) in [7, 11) is 0. The maximum Gasteiger partial charge on any atom is 0.333 e. The zero-order valence-corrected chi connectivity index (χ0v) is 9.12. The van der Waals surface area contributed by atoms with Crippen molar-refractivity contribution >= 4 is 11.9 Å². The van der Waals surface area contributed by atoms with E-state index >= 15 is 0 Å². The van der Waals surface area contributed by atoms with Gasteiger partial charge in [0.2, 0.25) is 0 Å². The van der Waals surface area contributed by atoms with Crippen LogP contribution >= 0.6 is 0 Å². The molecule has 0 heterocycles. The van der Waals surface area contributed by atoms with Crippen LogP contribution in [0.5, 0.6) is 0 Å². The summed E-state index contributed by atoms with van der Waals surface area (Å²) in [6.45, 7) is 4.90. The van der Waals surface area contributed by atoms with Crippen molar-refractivity contribution in [3.8, 4) is 6.07 Å². The average Bonchev–Trinajstić information content (AvgIpc) is 3.04. The van der Waals surface area contributed by atoms with Gasteiger partial charge in [-0.25, -0.2) is 4.79 Å². The SMILES string of the molecule is C=C(C)C(=O)OCCOC(=O)C1(C#N)CC1. The summed E-state index contributed by atoms with van der Waals surface area (Å²) in [6.07, 6.45) is 1.10. The number of hydrogen-bond acceptors (Lipinski definition) is 5. The second kappa shape index (κ2) is 4.79. The minimum Gasteiger partial charge on any atom is -0.461 e. The minimum absolute atomic E-state index is 0.0149. The Hall–Kier alpha value is -1.83. The van der Waals surface area contributed by atoms with Gasteiger partial charge in [0.15, 0.2) is 5.41 Å². The Morgan fingerprint density at radius 2 is 1.94 bits per heavy atom. The molecule has 16 heavy (non-hydrogen) atoms. The lowest BCUT2D eigenvalue weighted by Crippen LogP contribution is -2.20. The van der Waals surface area contributed by atoms with E-state index in [1.54, 1.807) is 0 Å². The van der Waals surface area contributed by atoms with Crippen LogP contribution in [0.15, 0.2) is 12.2 Å². The standard InChI is InChI=1S/C11H13NO4/c1-8(2)9(13)15-5-6-16-10(14)11(7-12)3-4-11/h1,3-6H2,2H3. The lowest BCUT2D eigenvalue weighted by molar-refractivity contribution is -0.153. The van der Waals surface area contributed by atoms with Crippen LogP contribution in [-0.2, 0) is 19.1 Å². The Balaban J connectivity index is 2.17. The van der Waals surface area contributed by atoms with Gasteiger partial charge in [-0.3, -0.25) is 4.79 Å². The van der Waals surface area contributed by atoms with E-state index in [0.29, 0.717) is 18.4 Å². The molecule has 0 saturated heterocycles. The molecule has 0 aliphatic heterocycles. The van der Waals surface area contributed by atoms with Crippen molar-refractivity contribution in [1.82, 2.24) is 0 Å². The highest BCUT2D eigenvalue weighted by molar-refractivity contribution is 5.87. The van der Waals surface area contributed by atoms with Gasteiger partial charge in [0.05, 0.1) is 6.07 Å². The third-order valence-corrected chi connectivity index (χ3v) is 2.25. The summed E-state index contributed by atoms with van der Waals surface area (Å²) in [5.74, 6) is -1.04. The van der Waals surface area contributed by atoms with Crippen LogP contribution in [0.3, 0.4) is 0 Å². The first-order valence-electron chi connectivity index (χ1n) is 4.93. The summed E-state index contributed by atoms with van der Waals surface area (Å²) in [6, 6.07) is 1.92. The number of nitriles is 1. The second-order valence-corrected chi connectivity index (χ2v) is 3.75. The van der Waals surface area contributed by atoms with Crippen molar-refractivity contribution in [3.05, 3.63) is 12.2 Å². The predicted octanol–water partition coefficient (Wildman–Crippen LogP) is 0.953. The molecule has 0 unspecified atom stereocenters. The summed E-state index contributed by atoms with van der Waals surface area (Å²) in [4.78, 5) is 22.3. The number of ether oxygens (including phenoxy) is 2. The van der Waals surface area contributed by atoms with Crippen molar-refractivity contribution in [2.75, 3.05) is 13.2 Å². The first-order chi connectivity index (χ1) is 7.52. The molecule has 0 radical (unpaired) electrons. The Bertz CT molecular complexity index is 363. The van der Waals surface area contributed by atoms with Crippen LogP contribution in [0.2, 0.25) is 0 Å². The highest BCUT2D eigenvalue weighted by Crippen LogP contribution is 2.45. The van der Waals surface area contributed by atoms with Crippen molar-refractivity contribution in [2.45, 2.75) is 19.8 Å². The molecule has 0 aromatic heterocycles. The van der Waals surface area contributed by atoms with E-state index in [0.717, 1.165) is 0 Å². The molecule has 1 fully saturated rings. The minimum atomic E-state index is -0.932. The molecule has 0 amide bonds. The van der Waals surface area contributed by atoms with E-state index in [1.807, 2.05) is 6.07 Å². The maximum absolute atomic E-state index is 11.3. The molecule has 1 rings (SSSR count). The molecular weight excluding hydrogens is 210 g/mol. The number of esters is 2. The molecule has 5 heteroatoms. The molecule has 1 aliphatic carbocycles. The number of nitrogens with zero attached hydrogens (tertiary/aromatic N) is 1. The van der Waals surface area contributed by atoms with Gasteiger partial charge in [-0.05, 0) is 19.8 Å². The topological polar surface area (TPSA) is 76.4 Å². The van der Waals surface area contributed by atoms with Gasteiger partial charge < -0.3 is 9.47 Å². The summed E-state index contributed by atoms with van der Waals surface area (Å²) in [5, 5.41) is 8.70. The monoisotopic (exact) mass is 223 g/mol. The average molecular weight is 223 g/mol. The maximum atomic E-state index is 11.3. The summed E-state index contributed by atoms with van der Waals surface area (Å²) < 4.78 is 9.54. The fourth-order valence-electron chi connectivity index (χ4n) is 1.02. The Morgan fingerprint density at radius 1 is 1.38 bits per heavy atom. The number of carbonyl (C=O) groups excluding carboxylic acids is 2. The zero-order valence-electron chi connectivity index (χ0n) is 9.12. The molecule has 0 spiro atoms. The normalized spacial score (nSPS) is 15.8. The van der Waals surface area contributed by atoms with E-state index in [1.165, 1.54) is 6.92 Å². The van der Waals surface area contributed by atoms with E-state index < -0.39 is 17.4 Å². The van der Waals surface area contributed by atoms with Gasteiger partial charge in [-0.2, -0.15) is 5.26 Å². The summed E-state index contributed by atoms with van der Waals surface area (Å²) >= 11 is 0. The highest BCUT2D eigenvalue weighted by atomic mass is 16.6. The second-order valence-electron chi connectivity index (χ2n) is 3.75. The Morgan fingerprint density at radius 3 is 2.38 bits per heavy atom. The predicted molar refractivity (Wildman–Crippen MR) is 54.0 cm³/mol. The van der Waals surface area contributed by atoms with Gasteiger partial charge >= 0.3 is 11.9 Å². The third kappa shape index (κ3) is 2.83. The molecule has 1 saturated carbocycles. The van der Waals surface area contributed by atoms with Crippen LogP contribution in [0, 0.1) is 16.7 Å². The van der Waals surface area contributed by atoms with Crippen molar-refractivity contribution in [1.29, 1.82) is 5.26 Å². The van der Waals surface area contributed by atoms with E-state index in [-0.39, 0.29) is 13.2 Å². The fourth-order valence-corrected chi connectivity index (χ4v) is 1.02. The molecule has 1 aliphatic rings. The van der Waals surface area contributed by atoms with Crippen molar-refractivity contribution in [3.63, 3.8) is 0 Å². The molecule has 0 bridgehead atoms. The molecule has 5 nitrogen and oxygen atoms in total. The zero-order chi connectivity index (χ0) is 12.2. The van der Waals surface area contributed by atoms with Crippen LogP contribution in [0.1, 0.15) is 19.8 Å². The van der Waals surface area contributed by atoms with Gasteiger partial charge in [0.25, 0.3) is 0 Å². The number of rotatable bonds is 5. The largest absolute Gasteiger partial charge is 0.461 e. The van der Waals surface area contributed by atoms with Gasteiger partial charge in [-0.15, -0.1) is 0 Å². The van der Waals surface area contributed by atoms with E-state index in [4.69, 9.17) is 14.7 Å². The number of hydrogen-bond donors (Lipinski definition) is 0. The van der Waals surface area contributed by atoms with Gasteiger partial charge in [0.1, 0.15) is 13.2 Å². The third-order valence-electron chi connectivity index (χ3n) is 2.25. The first kappa shape index (κ1) is 12.2. The molecular formula is C11H13NO4. The lowest BCUT2D eigenvalue weighted by Gasteiger charge is -2.07. The molecule has 0 N–H and O–H groups in total. The Labute approximate surface area is 93.6 Å². The van der Waals surface area contributed by atoms with Gasteiger partial charge in [-0.1, -0.05) is 6.58 Å². The lowest BCUT2D eigenvalue weighted by atomic mass is 10.1. The van der Waals surface area contributed by atoms with E-state index in [9.17, 15) is 9.59 Å². The van der Waals surface area contributed by atoms with Crippen LogP contribution in [0.25, 0.3) is 0 Å². The number of carbonyl (C=O) groups is 2. The van der Waals surface area contributed by atoms with Crippen LogP contribution in [-0.4, -0.2) is 25.2 Å². The first-order valence-corrected chi connectivity index (χ1v) is 4.93. The smallest absolute Gasteiger partial charge is 0.333 e. The molecule has 86 valence electrons. The van der Waals surface area contributed by atoms with E-state index in [2.05, 4.69) is 6.58 Å². The van der Waals surface area contributed by atoms with Crippen molar-refractivity contribution < 1.29 is 19.1 Å².